The van der Waals surface area contributed by atoms with Crippen LogP contribution < -0.4 is 4.74 Å². The Kier molecular flexibility index (Phi) is 5.87. The third-order valence-electron chi connectivity index (χ3n) is 2.48. The zero-order valence-corrected chi connectivity index (χ0v) is 12.2. The maximum absolute atomic E-state index is 13.1. The summed E-state index contributed by atoms with van der Waals surface area (Å²) in [5, 5.41) is 10.8. The van der Waals surface area contributed by atoms with Gasteiger partial charge in [0, 0.05) is 5.92 Å². The minimum absolute atomic E-state index is 0.0571. The molecular weight excluding hydrogens is 325 g/mol. The van der Waals surface area contributed by atoms with Crippen LogP contribution >= 0.6 is 28.6 Å². The highest BCUT2D eigenvalue weighted by molar-refractivity contribution is 9.10. The molecule has 1 aromatic carbocycles. The quantitative estimate of drug-likeness (QED) is 0.487. The summed E-state index contributed by atoms with van der Waals surface area (Å²) in [5.41, 5.74) is -0.379. The van der Waals surface area contributed by atoms with Crippen LogP contribution in [0.4, 0.5) is 10.1 Å². The van der Waals surface area contributed by atoms with Crippen LogP contribution in [0, 0.1) is 21.8 Å². The summed E-state index contributed by atoms with van der Waals surface area (Å²) >= 11 is 7.24. The highest BCUT2D eigenvalue weighted by Crippen LogP contribution is 2.36. The van der Waals surface area contributed by atoms with Crippen LogP contribution in [0.25, 0.3) is 0 Å². The van der Waals surface area contributed by atoms with E-state index in [1.54, 1.807) is 0 Å². The maximum atomic E-state index is 13.1. The molecule has 1 aromatic rings. The average molecular weight is 338 g/mol. The van der Waals surface area contributed by atoms with E-state index >= 15 is 0 Å². The topological polar surface area (TPSA) is 52.4 Å². The number of nitro groups is 1. The molecule has 0 N–H and O–H groups in total. The molecule has 0 radical (unpaired) electrons. The molecule has 0 aromatic heterocycles. The van der Waals surface area contributed by atoms with Gasteiger partial charge < -0.3 is 4.74 Å². The molecule has 0 spiro atoms. The molecular formula is C11H13BrFNO3S. The summed E-state index contributed by atoms with van der Waals surface area (Å²) < 4.78 is 18.8. The molecule has 0 saturated carbocycles. The van der Waals surface area contributed by atoms with Crippen molar-refractivity contribution < 1.29 is 14.1 Å². The standard InChI is InChI=1S/C11H13BrFNO3S/c1-2-7(6-18)5-17-11-9(12)3-8(13)4-10(11)14(15)16/h3-4,7,18H,2,5-6H2,1H3. The molecule has 0 aliphatic heterocycles. The Hall–Kier alpha value is -0.820. The second-order valence-electron chi connectivity index (χ2n) is 3.76. The first kappa shape index (κ1) is 15.2. The van der Waals surface area contributed by atoms with E-state index in [1.165, 1.54) is 0 Å². The van der Waals surface area contributed by atoms with Crippen LogP contribution in [0.15, 0.2) is 16.6 Å². The van der Waals surface area contributed by atoms with Gasteiger partial charge in [0.1, 0.15) is 5.82 Å². The van der Waals surface area contributed by atoms with Crippen LogP contribution in [0.2, 0.25) is 0 Å². The summed E-state index contributed by atoms with van der Waals surface area (Å²) in [5.74, 6) is 0.206. The van der Waals surface area contributed by atoms with E-state index in [4.69, 9.17) is 4.74 Å². The van der Waals surface area contributed by atoms with Gasteiger partial charge in [0.25, 0.3) is 0 Å². The molecule has 0 heterocycles. The molecule has 7 heteroatoms. The number of rotatable bonds is 6. The Morgan fingerprint density at radius 2 is 2.28 bits per heavy atom. The number of nitro benzene ring substituents is 1. The van der Waals surface area contributed by atoms with E-state index in [-0.39, 0.29) is 21.8 Å². The van der Waals surface area contributed by atoms with Crippen molar-refractivity contribution in [1.29, 1.82) is 0 Å². The highest BCUT2D eigenvalue weighted by atomic mass is 79.9. The largest absolute Gasteiger partial charge is 0.486 e. The fourth-order valence-corrected chi connectivity index (χ4v) is 2.23. The third-order valence-corrected chi connectivity index (χ3v) is 3.59. The highest BCUT2D eigenvalue weighted by Gasteiger charge is 2.21. The summed E-state index contributed by atoms with van der Waals surface area (Å²) in [4.78, 5) is 10.2. The second kappa shape index (κ2) is 6.94. The van der Waals surface area contributed by atoms with Crippen molar-refractivity contribution in [1.82, 2.24) is 0 Å². The molecule has 0 amide bonds. The molecule has 0 bridgehead atoms. The summed E-state index contributed by atoms with van der Waals surface area (Å²) in [6.45, 7) is 2.30. The lowest BCUT2D eigenvalue weighted by atomic mass is 10.1. The predicted molar refractivity (Wildman–Crippen MR) is 73.9 cm³/mol. The second-order valence-corrected chi connectivity index (χ2v) is 4.98. The number of nitrogens with zero attached hydrogens (tertiary/aromatic N) is 1. The number of thiol groups is 1. The summed E-state index contributed by atoms with van der Waals surface area (Å²) in [7, 11) is 0. The predicted octanol–water partition coefficient (Wildman–Crippen LogP) is 3.83. The molecule has 1 rings (SSSR count). The Morgan fingerprint density at radius 1 is 1.61 bits per heavy atom. The summed E-state index contributed by atoms with van der Waals surface area (Å²) in [6, 6.07) is 1.99. The molecule has 1 atom stereocenters. The zero-order valence-electron chi connectivity index (χ0n) is 9.73. The van der Waals surface area contributed by atoms with Crippen LogP contribution in [-0.2, 0) is 0 Å². The van der Waals surface area contributed by atoms with Crippen molar-refractivity contribution in [2.45, 2.75) is 13.3 Å². The Morgan fingerprint density at radius 3 is 2.78 bits per heavy atom. The van der Waals surface area contributed by atoms with Gasteiger partial charge in [-0.15, -0.1) is 0 Å². The van der Waals surface area contributed by atoms with Crippen LogP contribution in [0.1, 0.15) is 13.3 Å². The van der Waals surface area contributed by atoms with Crippen molar-refractivity contribution in [3.8, 4) is 5.75 Å². The molecule has 100 valence electrons. The number of benzene rings is 1. The van der Waals surface area contributed by atoms with Crippen molar-refractivity contribution >= 4 is 34.2 Å². The first-order chi connectivity index (χ1) is 8.49. The van der Waals surface area contributed by atoms with E-state index < -0.39 is 10.7 Å². The van der Waals surface area contributed by atoms with E-state index in [9.17, 15) is 14.5 Å². The van der Waals surface area contributed by atoms with Crippen molar-refractivity contribution in [3.05, 3.63) is 32.5 Å². The van der Waals surface area contributed by atoms with Gasteiger partial charge in [-0.2, -0.15) is 12.6 Å². The first-order valence-electron chi connectivity index (χ1n) is 5.36. The van der Waals surface area contributed by atoms with Crippen LogP contribution in [0.3, 0.4) is 0 Å². The lowest BCUT2D eigenvalue weighted by Gasteiger charge is -2.14. The van der Waals surface area contributed by atoms with Gasteiger partial charge in [0.15, 0.2) is 0 Å². The molecule has 4 nitrogen and oxygen atoms in total. The molecule has 0 aliphatic rings. The van der Waals surface area contributed by atoms with E-state index in [1.807, 2.05) is 6.92 Å². The molecule has 1 unspecified atom stereocenters. The minimum Gasteiger partial charge on any atom is -0.486 e. The molecule has 0 fully saturated rings. The minimum atomic E-state index is -0.679. The van der Waals surface area contributed by atoms with Gasteiger partial charge in [0.2, 0.25) is 5.75 Å². The fraction of sp³-hybridized carbons (Fsp3) is 0.455. The fourth-order valence-electron chi connectivity index (χ4n) is 1.33. The third kappa shape index (κ3) is 3.84. The van der Waals surface area contributed by atoms with Crippen LogP contribution in [0.5, 0.6) is 5.75 Å². The maximum Gasteiger partial charge on any atom is 0.315 e. The van der Waals surface area contributed by atoms with E-state index in [2.05, 4.69) is 28.6 Å². The number of hydrogen-bond donors (Lipinski definition) is 1. The van der Waals surface area contributed by atoms with Gasteiger partial charge in [-0.3, -0.25) is 10.1 Å². The lowest BCUT2D eigenvalue weighted by molar-refractivity contribution is -0.386. The molecule has 0 aliphatic carbocycles. The Balaban J connectivity index is 2.96. The van der Waals surface area contributed by atoms with Crippen molar-refractivity contribution in [3.63, 3.8) is 0 Å². The Bertz CT molecular complexity index is 441. The van der Waals surface area contributed by atoms with Gasteiger partial charge in [-0.1, -0.05) is 6.92 Å². The zero-order chi connectivity index (χ0) is 13.7. The van der Waals surface area contributed by atoms with Crippen molar-refractivity contribution in [2.24, 2.45) is 5.92 Å². The SMILES string of the molecule is CCC(CS)COc1c(Br)cc(F)cc1[N+](=O)[O-]. The van der Waals surface area contributed by atoms with Gasteiger partial charge in [-0.05, 0) is 34.2 Å². The summed E-state index contributed by atoms with van der Waals surface area (Å²) in [6.07, 6.45) is 0.857. The first-order valence-corrected chi connectivity index (χ1v) is 6.79. The van der Waals surface area contributed by atoms with E-state index in [0.29, 0.717) is 12.4 Å². The number of hydrogen-bond acceptors (Lipinski definition) is 4. The number of halogens is 2. The average Bonchev–Trinajstić information content (AvgIpc) is 2.31. The van der Waals surface area contributed by atoms with Crippen LogP contribution in [-0.4, -0.2) is 17.3 Å². The monoisotopic (exact) mass is 337 g/mol. The normalized spacial score (nSPS) is 12.2. The van der Waals surface area contributed by atoms with Gasteiger partial charge in [0.05, 0.1) is 22.1 Å². The molecule has 0 saturated heterocycles. The van der Waals surface area contributed by atoms with Crippen molar-refractivity contribution in [2.75, 3.05) is 12.4 Å². The van der Waals surface area contributed by atoms with Gasteiger partial charge >= 0.3 is 5.69 Å². The van der Waals surface area contributed by atoms with E-state index in [0.717, 1.165) is 18.6 Å². The Labute approximate surface area is 118 Å². The van der Waals surface area contributed by atoms with Gasteiger partial charge in [-0.25, -0.2) is 4.39 Å². The molecule has 18 heavy (non-hydrogen) atoms. The lowest BCUT2D eigenvalue weighted by Crippen LogP contribution is -2.13. The smallest absolute Gasteiger partial charge is 0.315 e. The number of ether oxygens (including phenoxy) is 1.